The van der Waals surface area contributed by atoms with E-state index in [2.05, 4.69) is 11.9 Å². The van der Waals surface area contributed by atoms with Gasteiger partial charge in [-0.15, -0.1) is 0 Å². The van der Waals surface area contributed by atoms with Crippen molar-refractivity contribution in [3.8, 4) is 5.75 Å². The molecule has 94 valence electrons. The zero-order valence-corrected chi connectivity index (χ0v) is 11.1. The Morgan fingerprint density at radius 1 is 1.35 bits per heavy atom. The Kier molecular flexibility index (Phi) is 3.79. The van der Waals surface area contributed by atoms with E-state index < -0.39 is 0 Å². The van der Waals surface area contributed by atoms with E-state index >= 15 is 0 Å². The van der Waals surface area contributed by atoms with Gasteiger partial charge >= 0.3 is 0 Å². The normalized spacial score (nSPS) is 18.3. The van der Waals surface area contributed by atoms with Crippen LogP contribution in [0.4, 0.5) is 5.69 Å². The lowest BCUT2D eigenvalue weighted by Gasteiger charge is -2.29. The van der Waals surface area contributed by atoms with Crippen LogP contribution in [0.2, 0.25) is 5.02 Å². The van der Waals surface area contributed by atoms with Crippen molar-refractivity contribution >= 4 is 17.3 Å². The van der Waals surface area contributed by atoms with Crippen LogP contribution >= 0.6 is 11.6 Å². The van der Waals surface area contributed by atoms with Gasteiger partial charge in [-0.05, 0) is 38.4 Å². The fourth-order valence-corrected chi connectivity index (χ4v) is 2.25. The quantitative estimate of drug-likeness (QED) is 0.825. The average molecular weight is 255 g/mol. The fourth-order valence-electron chi connectivity index (χ4n) is 2.09. The van der Waals surface area contributed by atoms with E-state index in [4.69, 9.17) is 22.1 Å². The van der Waals surface area contributed by atoms with Gasteiger partial charge in [0.05, 0.1) is 10.7 Å². The van der Waals surface area contributed by atoms with E-state index in [0.29, 0.717) is 16.8 Å². The van der Waals surface area contributed by atoms with Gasteiger partial charge in [0, 0.05) is 19.2 Å². The number of nitrogens with two attached hydrogens (primary N) is 1. The molecule has 0 saturated carbocycles. The van der Waals surface area contributed by atoms with Crippen LogP contribution in [0.3, 0.4) is 0 Å². The Labute approximate surface area is 107 Å². The maximum atomic E-state index is 6.01. The van der Waals surface area contributed by atoms with Crippen LogP contribution in [0.15, 0.2) is 12.1 Å². The summed E-state index contributed by atoms with van der Waals surface area (Å²) in [5.74, 6) is 0.860. The van der Waals surface area contributed by atoms with Crippen molar-refractivity contribution in [2.24, 2.45) is 0 Å². The molecule has 2 N–H and O–H groups in total. The number of anilines is 1. The summed E-state index contributed by atoms with van der Waals surface area (Å²) in [7, 11) is 2.14. The molecule has 2 rings (SSSR count). The van der Waals surface area contributed by atoms with Crippen molar-refractivity contribution in [2.45, 2.75) is 25.9 Å². The second kappa shape index (κ2) is 5.15. The summed E-state index contributed by atoms with van der Waals surface area (Å²) in [4.78, 5) is 2.32. The first-order chi connectivity index (χ1) is 8.06. The van der Waals surface area contributed by atoms with Gasteiger partial charge < -0.3 is 15.4 Å². The molecule has 1 saturated heterocycles. The molecule has 0 bridgehead atoms. The van der Waals surface area contributed by atoms with Gasteiger partial charge in [0.25, 0.3) is 0 Å². The van der Waals surface area contributed by atoms with Crippen molar-refractivity contribution in [2.75, 3.05) is 25.9 Å². The number of ether oxygens (including phenoxy) is 1. The Morgan fingerprint density at radius 3 is 2.65 bits per heavy atom. The molecule has 0 atom stereocenters. The highest BCUT2D eigenvalue weighted by Gasteiger charge is 2.19. The number of nitrogens with zero attached hydrogens (tertiary/aromatic N) is 1. The summed E-state index contributed by atoms with van der Waals surface area (Å²) >= 11 is 6.01. The Hall–Kier alpha value is -0.930. The topological polar surface area (TPSA) is 38.5 Å². The molecule has 1 aliphatic heterocycles. The van der Waals surface area contributed by atoms with E-state index in [1.165, 1.54) is 0 Å². The van der Waals surface area contributed by atoms with E-state index in [1.807, 2.05) is 19.1 Å². The van der Waals surface area contributed by atoms with Crippen LogP contribution in [0.25, 0.3) is 0 Å². The number of nitrogen functional groups attached to an aromatic ring is 1. The van der Waals surface area contributed by atoms with Gasteiger partial charge in [-0.3, -0.25) is 0 Å². The second-order valence-electron chi connectivity index (χ2n) is 4.76. The smallest absolute Gasteiger partial charge is 0.124 e. The number of hydrogen-bond acceptors (Lipinski definition) is 3. The minimum atomic E-state index is 0.296. The molecule has 0 amide bonds. The van der Waals surface area contributed by atoms with Gasteiger partial charge in [0.1, 0.15) is 11.9 Å². The van der Waals surface area contributed by atoms with Gasteiger partial charge in [-0.25, -0.2) is 0 Å². The van der Waals surface area contributed by atoms with Crippen LogP contribution in [0.1, 0.15) is 18.4 Å². The van der Waals surface area contributed by atoms with Crippen molar-refractivity contribution in [3.63, 3.8) is 0 Å². The number of hydrogen-bond donors (Lipinski definition) is 1. The summed E-state index contributed by atoms with van der Waals surface area (Å²) < 4.78 is 6.00. The highest BCUT2D eigenvalue weighted by Crippen LogP contribution is 2.30. The standard InChI is InChI=1S/C13H19ClN2O/c1-9-7-12(15)11(14)8-13(9)17-10-3-5-16(2)6-4-10/h7-8,10H,3-6,15H2,1-2H3. The molecule has 1 heterocycles. The molecule has 0 aromatic heterocycles. The molecular weight excluding hydrogens is 236 g/mol. The van der Waals surface area contributed by atoms with E-state index in [9.17, 15) is 0 Å². The van der Waals surface area contributed by atoms with Gasteiger partial charge in [0.2, 0.25) is 0 Å². The lowest BCUT2D eigenvalue weighted by molar-refractivity contribution is 0.113. The van der Waals surface area contributed by atoms with Crippen molar-refractivity contribution in [1.82, 2.24) is 4.90 Å². The number of piperidine rings is 1. The van der Waals surface area contributed by atoms with Crippen LogP contribution in [0, 0.1) is 6.92 Å². The first-order valence-corrected chi connectivity index (χ1v) is 6.35. The van der Waals surface area contributed by atoms with Crippen LogP contribution in [-0.4, -0.2) is 31.1 Å². The monoisotopic (exact) mass is 254 g/mol. The maximum Gasteiger partial charge on any atom is 0.124 e. The minimum absolute atomic E-state index is 0.296. The molecule has 0 unspecified atom stereocenters. The summed E-state index contributed by atoms with van der Waals surface area (Å²) in [5.41, 5.74) is 7.40. The minimum Gasteiger partial charge on any atom is -0.490 e. The summed E-state index contributed by atoms with van der Waals surface area (Å²) in [6.45, 7) is 4.18. The zero-order valence-electron chi connectivity index (χ0n) is 10.4. The first-order valence-electron chi connectivity index (χ1n) is 5.97. The Bertz CT molecular complexity index is 401. The lowest BCUT2D eigenvalue weighted by atomic mass is 10.1. The molecular formula is C13H19ClN2O. The van der Waals surface area contributed by atoms with Crippen LogP contribution in [-0.2, 0) is 0 Å². The Balaban J connectivity index is 2.06. The predicted molar refractivity (Wildman–Crippen MR) is 71.7 cm³/mol. The van der Waals surface area contributed by atoms with Crippen LogP contribution < -0.4 is 10.5 Å². The highest BCUT2D eigenvalue weighted by atomic mass is 35.5. The molecule has 0 radical (unpaired) electrons. The zero-order chi connectivity index (χ0) is 12.4. The SMILES string of the molecule is Cc1cc(N)c(Cl)cc1OC1CCN(C)CC1. The molecule has 1 aliphatic rings. The summed E-state index contributed by atoms with van der Waals surface area (Å²) in [5, 5.41) is 0.568. The van der Waals surface area contributed by atoms with E-state index in [1.54, 1.807) is 0 Å². The van der Waals surface area contributed by atoms with Crippen LogP contribution in [0.5, 0.6) is 5.75 Å². The predicted octanol–water partition coefficient (Wildman–Crippen LogP) is 2.70. The van der Waals surface area contributed by atoms with Crippen molar-refractivity contribution in [3.05, 3.63) is 22.7 Å². The molecule has 17 heavy (non-hydrogen) atoms. The first kappa shape index (κ1) is 12.5. The molecule has 1 aromatic rings. The van der Waals surface area contributed by atoms with Crippen molar-refractivity contribution < 1.29 is 4.74 Å². The molecule has 0 spiro atoms. The lowest BCUT2D eigenvalue weighted by Crippen LogP contribution is -2.35. The molecule has 1 aromatic carbocycles. The van der Waals surface area contributed by atoms with E-state index in [-0.39, 0.29) is 0 Å². The maximum absolute atomic E-state index is 6.01. The number of aryl methyl sites for hydroxylation is 1. The van der Waals surface area contributed by atoms with Gasteiger partial charge in [-0.1, -0.05) is 11.6 Å². The largest absolute Gasteiger partial charge is 0.490 e. The fraction of sp³-hybridized carbons (Fsp3) is 0.538. The van der Waals surface area contributed by atoms with Gasteiger partial charge in [0.15, 0.2) is 0 Å². The molecule has 0 aliphatic carbocycles. The van der Waals surface area contributed by atoms with E-state index in [0.717, 1.165) is 37.2 Å². The van der Waals surface area contributed by atoms with Gasteiger partial charge in [-0.2, -0.15) is 0 Å². The van der Waals surface area contributed by atoms with Crippen molar-refractivity contribution in [1.29, 1.82) is 0 Å². The average Bonchev–Trinajstić information content (AvgIpc) is 2.29. The third-order valence-corrected chi connectivity index (χ3v) is 3.58. The summed E-state index contributed by atoms with van der Waals surface area (Å²) in [6.07, 6.45) is 2.43. The second-order valence-corrected chi connectivity index (χ2v) is 5.17. The number of likely N-dealkylation sites (tertiary alicyclic amines) is 1. The molecule has 1 fully saturated rings. The third kappa shape index (κ3) is 3.05. The summed E-state index contributed by atoms with van der Waals surface area (Å²) in [6, 6.07) is 3.69. The third-order valence-electron chi connectivity index (χ3n) is 3.25. The number of rotatable bonds is 2. The Morgan fingerprint density at radius 2 is 2.00 bits per heavy atom. The molecule has 3 nitrogen and oxygen atoms in total. The highest BCUT2D eigenvalue weighted by molar-refractivity contribution is 6.33. The number of benzene rings is 1. The molecule has 4 heteroatoms. The number of halogens is 1.